The number of rotatable bonds is 3. The molecule has 0 unspecified atom stereocenters. The molecule has 6 heteroatoms. The van der Waals surface area contributed by atoms with E-state index in [9.17, 15) is 0 Å². The maximum atomic E-state index is 6.15. The van der Waals surface area contributed by atoms with Crippen molar-refractivity contribution in [2.24, 2.45) is 5.73 Å². The van der Waals surface area contributed by atoms with Crippen molar-refractivity contribution in [3.05, 3.63) is 69.5 Å². The fourth-order valence-corrected chi connectivity index (χ4v) is 2.62. The molecule has 3 rings (SSSR count). The second-order valence-corrected chi connectivity index (χ2v) is 5.79. The molecule has 3 aromatic rings. The number of nitrogens with two attached hydrogens (primary N) is 1. The topological polar surface area (TPSA) is 64.9 Å². The van der Waals surface area contributed by atoms with Crippen LogP contribution in [0, 0.1) is 0 Å². The van der Waals surface area contributed by atoms with Crippen LogP contribution in [0.2, 0.25) is 5.02 Å². The average Bonchev–Trinajstić information content (AvgIpc) is 2.97. The smallest absolute Gasteiger partial charge is 0.248 e. The zero-order valence-corrected chi connectivity index (χ0v) is 13.2. The lowest BCUT2D eigenvalue weighted by Crippen LogP contribution is -2.12. The van der Waals surface area contributed by atoms with Gasteiger partial charge in [0.05, 0.1) is 0 Å². The normalized spacial score (nSPS) is 12.3. The number of hydrogen-bond donors (Lipinski definition) is 1. The van der Waals surface area contributed by atoms with Crippen LogP contribution in [0.25, 0.3) is 11.4 Å². The summed E-state index contributed by atoms with van der Waals surface area (Å²) in [5.74, 6) is 0.826. The number of benzene rings is 2. The van der Waals surface area contributed by atoms with Crippen molar-refractivity contribution in [3.63, 3.8) is 0 Å². The van der Waals surface area contributed by atoms with E-state index in [1.54, 1.807) is 6.07 Å². The molecule has 4 nitrogen and oxygen atoms in total. The SMILES string of the molecule is N[C@@H](c1nc(-c2cccc(Br)c2)no1)c1ccccc1Cl. The van der Waals surface area contributed by atoms with Crippen LogP contribution < -0.4 is 5.73 Å². The molecule has 1 heterocycles. The van der Waals surface area contributed by atoms with Crippen molar-refractivity contribution in [2.75, 3.05) is 0 Å². The summed E-state index contributed by atoms with van der Waals surface area (Å²) in [7, 11) is 0. The Kier molecular flexibility index (Phi) is 4.05. The summed E-state index contributed by atoms with van der Waals surface area (Å²) in [5.41, 5.74) is 7.75. The van der Waals surface area contributed by atoms with Crippen molar-refractivity contribution in [3.8, 4) is 11.4 Å². The van der Waals surface area contributed by atoms with Crippen molar-refractivity contribution in [1.82, 2.24) is 10.1 Å². The number of aromatic nitrogens is 2. The van der Waals surface area contributed by atoms with Crippen LogP contribution in [0.1, 0.15) is 17.5 Å². The minimum atomic E-state index is -0.549. The third kappa shape index (κ3) is 3.00. The monoisotopic (exact) mass is 363 g/mol. The van der Waals surface area contributed by atoms with Crippen molar-refractivity contribution in [2.45, 2.75) is 6.04 Å². The first kappa shape index (κ1) is 14.3. The van der Waals surface area contributed by atoms with Crippen LogP contribution in [-0.2, 0) is 0 Å². The van der Waals surface area contributed by atoms with E-state index in [2.05, 4.69) is 26.1 Å². The Morgan fingerprint density at radius 3 is 2.71 bits per heavy atom. The summed E-state index contributed by atoms with van der Waals surface area (Å²) < 4.78 is 6.22. The second-order valence-electron chi connectivity index (χ2n) is 4.47. The third-order valence-electron chi connectivity index (χ3n) is 3.03. The maximum absolute atomic E-state index is 6.15. The summed E-state index contributed by atoms with van der Waals surface area (Å²) in [6.45, 7) is 0. The molecule has 0 spiro atoms. The average molecular weight is 365 g/mol. The molecule has 0 aliphatic rings. The van der Waals surface area contributed by atoms with Gasteiger partial charge in [-0.25, -0.2) is 0 Å². The highest BCUT2D eigenvalue weighted by Crippen LogP contribution is 2.27. The Morgan fingerprint density at radius 2 is 1.95 bits per heavy atom. The van der Waals surface area contributed by atoms with E-state index in [4.69, 9.17) is 21.9 Å². The minimum Gasteiger partial charge on any atom is -0.337 e. The fraction of sp³-hybridized carbons (Fsp3) is 0.0667. The van der Waals surface area contributed by atoms with Gasteiger partial charge in [-0.15, -0.1) is 0 Å². The van der Waals surface area contributed by atoms with E-state index in [0.717, 1.165) is 15.6 Å². The number of halogens is 2. The van der Waals surface area contributed by atoms with Gasteiger partial charge in [-0.05, 0) is 23.8 Å². The molecule has 0 saturated heterocycles. The van der Waals surface area contributed by atoms with Gasteiger partial charge in [0.15, 0.2) is 0 Å². The Morgan fingerprint density at radius 1 is 1.14 bits per heavy atom. The molecule has 0 saturated carbocycles. The van der Waals surface area contributed by atoms with E-state index >= 15 is 0 Å². The summed E-state index contributed by atoms with van der Waals surface area (Å²) in [6, 6.07) is 14.4. The van der Waals surface area contributed by atoms with Crippen molar-refractivity contribution < 1.29 is 4.52 Å². The van der Waals surface area contributed by atoms with Gasteiger partial charge in [0.25, 0.3) is 0 Å². The molecule has 21 heavy (non-hydrogen) atoms. The Bertz CT molecular complexity index is 775. The number of hydrogen-bond acceptors (Lipinski definition) is 4. The van der Waals surface area contributed by atoms with Gasteiger partial charge in [0.2, 0.25) is 11.7 Å². The minimum absolute atomic E-state index is 0.332. The Labute approximate surface area is 135 Å². The van der Waals surface area contributed by atoms with E-state index < -0.39 is 6.04 Å². The molecule has 106 valence electrons. The summed E-state index contributed by atoms with van der Waals surface area (Å²) >= 11 is 9.55. The largest absolute Gasteiger partial charge is 0.337 e. The van der Waals surface area contributed by atoms with E-state index in [1.807, 2.05) is 42.5 Å². The zero-order chi connectivity index (χ0) is 14.8. The first-order chi connectivity index (χ1) is 10.1. The molecular weight excluding hydrogens is 354 g/mol. The van der Waals surface area contributed by atoms with Crippen molar-refractivity contribution in [1.29, 1.82) is 0 Å². The van der Waals surface area contributed by atoms with Gasteiger partial charge in [-0.1, -0.05) is 63.0 Å². The molecular formula is C15H11BrClN3O. The highest BCUT2D eigenvalue weighted by atomic mass is 79.9. The van der Waals surface area contributed by atoms with Crippen LogP contribution in [0.4, 0.5) is 0 Å². The van der Waals surface area contributed by atoms with Crippen molar-refractivity contribution >= 4 is 27.5 Å². The molecule has 1 aromatic heterocycles. The standard InChI is InChI=1S/C15H11BrClN3O/c16-10-5-3-4-9(8-10)14-19-15(21-20-14)13(18)11-6-1-2-7-12(11)17/h1-8,13H,18H2/t13-/m1/s1. The first-order valence-corrected chi connectivity index (χ1v) is 7.42. The second kappa shape index (κ2) is 5.97. The molecule has 0 fully saturated rings. The summed E-state index contributed by atoms with van der Waals surface area (Å²) in [5, 5.41) is 4.55. The highest BCUT2D eigenvalue weighted by molar-refractivity contribution is 9.10. The molecule has 0 aliphatic carbocycles. The predicted octanol–water partition coefficient (Wildman–Crippen LogP) is 4.20. The van der Waals surface area contributed by atoms with Gasteiger partial charge in [-0.3, -0.25) is 0 Å². The molecule has 0 bridgehead atoms. The predicted molar refractivity (Wildman–Crippen MR) is 84.9 cm³/mol. The molecule has 0 radical (unpaired) electrons. The van der Waals surface area contributed by atoms with Gasteiger partial charge >= 0.3 is 0 Å². The lowest BCUT2D eigenvalue weighted by Gasteiger charge is -2.08. The third-order valence-corrected chi connectivity index (χ3v) is 3.87. The van der Waals surface area contributed by atoms with Gasteiger partial charge in [0.1, 0.15) is 6.04 Å². The molecule has 1 atom stereocenters. The van der Waals surface area contributed by atoms with Crippen LogP contribution in [-0.4, -0.2) is 10.1 Å². The highest BCUT2D eigenvalue weighted by Gasteiger charge is 2.19. The lowest BCUT2D eigenvalue weighted by atomic mass is 10.1. The maximum Gasteiger partial charge on any atom is 0.248 e. The molecule has 2 aromatic carbocycles. The lowest BCUT2D eigenvalue weighted by molar-refractivity contribution is 0.367. The summed E-state index contributed by atoms with van der Waals surface area (Å²) in [4.78, 5) is 4.36. The van der Waals surface area contributed by atoms with Crippen LogP contribution in [0.15, 0.2) is 57.5 Å². The number of nitrogens with zero attached hydrogens (tertiary/aromatic N) is 2. The quantitative estimate of drug-likeness (QED) is 0.756. The fourth-order valence-electron chi connectivity index (χ4n) is 1.97. The first-order valence-electron chi connectivity index (χ1n) is 6.24. The Hall–Kier alpha value is -1.69. The molecule has 0 aliphatic heterocycles. The van der Waals surface area contributed by atoms with Gasteiger partial charge in [-0.2, -0.15) is 4.98 Å². The van der Waals surface area contributed by atoms with E-state index in [-0.39, 0.29) is 0 Å². The van der Waals surface area contributed by atoms with E-state index in [0.29, 0.717) is 16.7 Å². The van der Waals surface area contributed by atoms with Crippen LogP contribution in [0.5, 0.6) is 0 Å². The summed E-state index contributed by atoms with van der Waals surface area (Å²) in [6.07, 6.45) is 0. The zero-order valence-electron chi connectivity index (χ0n) is 10.8. The Balaban J connectivity index is 1.93. The van der Waals surface area contributed by atoms with Gasteiger partial charge < -0.3 is 10.3 Å². The van der Waals surface area contributed by atoms with Gasteiger partial charge in [0, 0.05) is 15.1 Å². The van der Waals surface area contributed by atoms with Crippen LogP contribution in [0.3, 0.4) is 0 Å². The van der Waals surface area contributed by atoms with E-state index in [1.165, 1.54) is 0 Å². The molecule has 0 amide bonds. The van der Waals surface area contributed by atoms with Crippen LogP contribution >= 0.6 is 27.5 Å². The molecule has 2 N–H and O–H groups in total.